The fourth-order valence-electron chi connectivity index (χ4n) is 1.55. The molecular formula is C13H21N3O2. The van der Waals surface area contributed by atoms with Gasteiger partial charge in [-0.25, -0.2) is 4.98 Å². The summed E-state index contributed by atoms with van der Waals surface area (Å²) in [6, 6.07) is 3.66. The van der Waals surface area contributed by atoms with Crippen LogP contribution in [0.15, 0.2) is 18.3 Å². The molecule has 0 aliphatic rings. The lowest BCUT2D eigenvalue weighted by molar-refractivity contribution is -0.124. The molecule has 1 aromatic rings. The summed E-state index contributed by atoms with van der Waals surface area (Å²) in [4.78, 5) is 15.8. The summed E-state index contributed by atoms with van der Waals surface area (Å²) in [6.07, 6.45) is 3.39. The molecule has 5 nitrogen and oxygen atoms in total. The summed E-state index contributed by atoms with van der Waals surface area (Å²) >= 11 is 0. The number of hydrogen-bond donors (Lipinski definition) is 2. The predicted octanol–water partition coefficient (Wildman–Crippen LogP) is 1.08. The molecule has 0 aliphatic carbocycles. The molecule has 0 bridgehead atoms. The number of rotatable bonds is 7. The molecule has 0 saturated carbocycles. The molecule has 1 heterocycles. The van der Waals surface area contributed by atoms with E-state index in [1.165, 1.54) is 0 Å². The Labute approximate surface area is 108 Å². The number of pyridine rings is 1. The lowest BCUT2D eigenvalue weighted by atomic mass is 10.0. The van der Waals surface area contributed by atoms with Gasteiger partial charge in [-0.15, -0.1) is 0 Å². The van der Waals surface area contributed by atoms with Gasteiger partial charge in [-0.2, -0.15) is 0 Å². The van der Waals surface area contributed by atoms with Crippen LogP contribution >= 0.6 is 0 Å². The van der Waals surface area contributed by atoms with E-state index in [9.17, 15) is 4.79 Å². The van der Waals surface area contributed by atoms with E-state index < -0.39 is 0 Å². The van der Waals surface area contributed by atoms with Crippen molar-refractivity contribution in [1.29, 1.82) is 0 Å². The third kappa shape index (κ3) is 4.71. The average molecular weight is 251 g/mol. The minimum absolute atomic E-state index is 0.000225. The maximum atomic E-state index is 11.7. The van der Waals surface area contributed by atoms with Gasteiger partial charge in [0.25, 0.3) is 0 Å². The van der Waals surface area contributed by atoms with Gasteiger partial charge in [0.05, 0.1) is 7.11 Å². The zero-order valence-electron chi connectivity index (χ0n) is 11.0. The van der Waals surface area contributed by atoms with Crippen LogP contribution in [0.2, 0.25) is 0 Å². The number of ether oxygens (including phenoxy) is 1. The molecule has 1 aromatic heterocycles. The van der Waals surface area contributed by atoms with Gasteiger partial charge in [0.2, 0.25) is 11.8 Å². The maximum Gasteiger partial charge on any atom is 0.223 e. The Balaban J connectivity index is 2.37. The first-order valence-corrected chi connectivity index (χ1v) is 6.14. The number of nitrogens with zero attached hydrogens (tertiary/aromatic N) is 1. The molecule has 1 unspecified atom stereocenters. The molecule has 0 aliphatic heterocycles. The van der Waals surface area contributed by atoms with Crippen LogP contribution in [0.1, 0.15) is 25.3 Å². The van der Waals surface area contributed by atoms with E-state index in [2.05, 4.69) is 10.3 Å². The van der Waals surface area contributed by atoms with Crippen molar-refractivity contribution in [2.45, 2.75) is 26.3 Å². The molecule has 0 radical (unpaired) electrons. The Kier molecular flexibility index (Phi) is 6.14. The second-order valence-electron chi connectivity index (χ2n) is 4.26. The van der Waals surface area contributed by atoms with Crippen molar-refractivity contribution < 1.29 is 9.53 Å². The highest BCUT2D eigenvalue weighted by molar-refractivity contribution is 5.78. The van der Waals surface area contributed by atoms with Crippen molar-refractivity contribution in [1.82, 2.24) is 10.3 Å². The first-order valence-electron chi connectivity index (χ1n) is 6.14. The number of hydrogen-bond acceptors (Lipinski definition) is 4. The number of carbonyl (C=O) groups is 1. The van der Waals surface area contributed by atoms with Crippen LogP contribution < -0.4 is 15.8 Å². The van der Waals surface area contributed by atoms with Gasteiger partial charge in [0.15, 0.2) is 0 Å². The van der Waals surface area contributed by atoms with Gasteiger partial charge >= 0.3 is 0 Å². The fourth-order valence-corrected chi connectivity index (χ4v) is 1.55. The summed E-state index contributed by atoms with van der Waals surface area (Å²) in [7, 11) is 1.57. The second-order valence-corrected chi connectivity index (χ2v) is 4.26. The largest absolute Gasteiger partial charge is 0.481 e. The average Bonchev–Trinajstić information content (AvgIpc) is 2.42. The summed E-state index contributed by atoms with van der Waals surface area (Å²) in [6.45, 7) is 3.03. The monoisotopic (exact) mass is 251 g/mol. The van der Waals surface area contributed by atoms with Crippen molar-refractivity contribution in [2.24, 2.45) is 11.7 Å². The molecule has 100 valence electrons. The zero-order valence-corrected chi connectivity index (χ0v) is 11.0. The molecule has 0 aromatic carbocycles. The highest BCUT2D eigenvalue weighted by Crippen LogP contribution is 2.08. The van der Waals surface area contributed by atoms with Crippen molar-refractivity contribution in [2.75, 3.05) is 13.7 Å². The van der Waals surface area contributed by atoms with E-state index in [1.807, 2.05) is 13.0 Å². The smallest absolute Gasteiger partial charge is 0.223 e. The highest BCUT2D eigenvalue weighted by Gasteiger charge is 2.11. The Bertz CT molecular complexity index is 365. The van der Waals surface area contributed by atoms with Gasteiger partial charge in [-0.05, 0) is 24.9 Å². The number of nitrogens with one attached hydrogen (secondary N) is 1. The first kappa shape index (κ1) is 14.4. The normalized spacial score (nSPS) is 11.9. The van der Waals surface area contributed by atoms with Crippen LogP contribution in [0.4, 0.5) is 0 Å². The Hall–Kier alpha value is -1.62. The van der Waals surface area contributed by atoms with E-state index in [4.69, 9.17) is 10.5 Å². The van der Waals surface area contributed by atoms with E-state index >= 15 is 0 Å². The number of nitrogens with two attached hydrogens (primary N) is 1. The minimum atomic E-state index is -0.000225. The lowest BCUT2D eigenvalue weighted by Gasteiger charge is -2.11. The highest BCUT2D eigenvalue weighted by atomic mass is 16.5. The van der Waals surface area contributed by atoms with E-state index in [0.29, 0.717) is 19.0 Å². The lowest BCUT2D eigenvalue weighted by Crippen LogP contribution is -2.29. The Morgan fingerprint density at radius 1 is 1.56 bits per heavy atom. The van der Waals surface area contributed by atoms with E-state index in [1.54, 1.807) is 19.4 Å². The van der Waals surface area contributed by atoms with Crippen LogP contribution in [0, 0.1) is 5.92 Å². The standard InChI is InChI=1S/C13H21N3O2/c1-10(4-3-7-14)13(17)16-9-11-5-6-12(18-2)15-8-11/h5-6,8,10H,3-4,7,9,14H2,1-2H3,(H,16,17). The van der Waals surface area contributed by atoms with Crippen molar-refractivity contribution >= 4 is 5.91 Å². The van der Waals surface area contributed by atoms with Gasteiger partial charge in [-0.1, -0.05) is 13.0 Å². The van der Waals surface area contributed by atoms with E-state index in [0.717, 1.165) is 18.4 Å². The SMILES string of the molecule is COc1ccc(CNC(=O)C(C)CCCN)cn1. The molecular weight excluding hydrogens is 230 g/mol. The second kappa shape index (κ2) is 7.66. The van der Waals surface area contributed by atoms with Crippen LogP contribution in [0.3, 0.4) is 0 Å². The van der Waals surface area contributed by atoms with Crippen LogP contribution in [-0.2, 0) is 11.3 Å². The fraction of sp³-hybridized carbons (Fsp3) is 0.538. The molecule has 1 amide bonds. The van der Waals surface area contributed by atoms with Crippen LogP contribution in [0.25, 0.3) is 0 Å². The summed E-state index contributed by atoms with van der Waals surface area (Å²) in [5.74, 6) is 0.625. The van der Waals surface area contributed by atoms with Crippen LogP contribution in [0.5, 0.6) is 5.88 Å². The summed E-state index contributed by atoms with van der Waals surface area (Å²) in [5.41, 5.74) is 6.37. The molecule has 0 saturated heterocycles. The van der Waals surface area contributed by atoms with E-state index in [-0.39, 0.29) is 11.8 Å². The number of methoxy groups -OCH3 is 1. The molecule has 1 atom stereocenters. The Morgan fingerprint density at radius 2 is 2.33 bits per heavy atom. The van der Waals surface area contributed by atoms with Gasteiger partial charge in [-0.3, -0.25) is 4.79 Å². The maximum absolute atomic E-state index is 11.7. The first-order chi connectivity index (χ1) is 8.67. The molecule has 18 heavy (non-hydrogen) atoms. The quantitative estimate of drug-likeness (QED) is 0.760. The summed E-state index contributed by atoms with van der Waals surface area (Å²) in [5, 5.41) is 2.88. The van der Waals surface area contributed by atoms with Gasteiger partial charge in [0.1, 0.15) is 0 Å². The minimum Gasteiger partial charge on any atom is -0.481 e. The van der Waals surface area contributed by atoms with Gasteiger partial charge in [0, 0.05) is 24.7 Å². The number of aromatic nitrogens is 1. The molecule has 1 rings (SSSR count). The Morgan fingerprint density at radius 3 is 2.89 bits per heavy atom. The third-order valence-corrected chi connectivity index (χ3v) is 2.76. The van der Waals surface area contributed by atoms with Crippen molar-refractivity contribution in [3.63, 3.8) is 0 Å². The number of carbonyl (C=O) groups excluding carboxylic acids is 1. The van der Waals surface area contributed by atoms with Crippen LogP contribution in [-0.4, -0.2) is 24.5 Å². The number of amides is 1. The third-order valence-electron chi connectivity index (χ3n) is 2.76. The summed E-state index contributed by atoms with van der Waals surface area (Å²) < 4.78 is 4.97. The molecule has 3 N–H and O–H groups in total. The zero-order chi connectivity index (χ0) is 13.4. The predicted molar refractivity (Wildman–Crippen MR) is 70.1 cm³/mol. The van der Waals surface area contributed by atoms with Gasteiger partial charge < -0.3 is 15.8 Å². The van der Waals surface area contributed by atoms with Crippen molar-refractivity contribution in [3.8, 4) is 5.88 Å². The topological polar surface area (TPSA) is 77.2 Å². The molecule has 0 fully saturated rings. The van der Waals surface area contributed by atoms with Crippen molar-refractivity contribution in [3.05, 3.63) is 23.9 Å². The molecule has 0 spiro atoms. The molecule has 5 heteroatoms.